The lowest BCUT2D eigenvalue weighted by atomic mass is 9.93. The number of thioether (sulfide) groups is 1. The lowest BCUT2D eigenvalue weighted by Gasteiger charge is -2.34. The standard InChI is InChI=1S/C24H27N5O4S2/c1-33-23-5-3-18-24(28-23)20(7-10-25-18)29-12-8-16(9-13-29)6-11-26-35(31,32)17-2-4-21-19(14-17)27-22(30)15-34-21/h2-5,7,10,14,16,26H,6,8-9,11-13,15H2,1H3,(H,27,30). The van der Waals surface area contributed by atoms with E-state index in [1.807, 2.05) is 18.2 Å². The fourth-order valence-electron chi connectivity index (χ4n) is 4.54. The van der Waals surface area contributed by atoms with Crippen LogP contribution in [0.3, 0.4) is 0 Å². The normalized spacial score (nSPS) is 16.7. The van der Waals surface area contributed by atoms with Gasteiger partial charge in [-0.3, -0.25) is 9.78 Å². The molecule has 0 unspecified atom stereocenters. The number of hydrogen-bond acceptors (Lipinski definition) is 8. The number of rotatable bonds is 7. The van der Waals surface area contributed by atoms with Gasteiger partial charge in [-0.15, -0.1) is 11.8 Å². The Morgan fingerprint density at radius 2 is 2.03 bits per heavy atom. The summed E-state index contributed by atoms with van der Waals surface area (Å²) in [6, 6.07) is 10.6. The van der Waals surface area contributed by atoms with Gasteiger partial charge in [0.1, 0.15) is 5.52 Å². The third kappa shape index (κ3) is 5.21. The molecule has 2 aliphatic heterocycles. The number of fused-ring (bicyclic) bond motifs is 2. The van der Waals surface area contributed by atoms with Crippen LogP contribution < -0.4 is 19.7 Å². The lowest BCUT2D eigenvalue weighted by molar-refractivity contribution is -0.113. The molecule has 0 atom stereocenters. The Bertz CT molecular complexity index is 1360. The van der Waals surface area contributed by atoms with Crippen LogP contribution in [0.1, 0.15) is 19.3 Å². The number of benzene rings is 1. The van der Waals surface area contributed by atoms with Gasteiger partial charge in [0.2, 0.25) is 21.8 Å². The maximum atomic E-state index is 12.8. The van der Waals surface area contributed by atoms with Gasteiger partial charge in [-0.05, 0) is 55.5 Å². The molecule has 35 heavy (non-hydrogen) atoms. The second kappa shape index (κ2) is 10.00. The molecule has 0 saturated carbocycles. The van der Waals surface area contributed by atoms with Crippen LogP contribution in [0.15, 0.2) is 52.4 Å². The summed E-state index contributed by atoms with van der Waals surface area (Å²) in [5.41, 5.74) is 3.26. The van der Waals surface area contributed by atoms with Gasteiger partial charge >= 0.3 is 0 Å². The fraction of sp³-hybridized carbons (Fsp3) is 0.375. The van der Waals surface area contributed by atoms with E-state index in [0.717, 1.165) is 54.0 Å². The molecule has 184 valence electrons. The number of methoxy groups -OCH3 is 1. The highest BCUT2D eigenvalue weighted by Gasteiger charge is 2.23. The van der Waals surface area contributed by atoms with Crippen molar-refractivity contribution < 1.29 is 17.9 Å². The molecule has 4 heterocycles. The molecule has 1 amide bonds. The number of aromatic nitrogens is 2. The van der Waals surface area contributed by atoms with Gasteiger partial charge in [-0.2, -0.15) is 0 Å². The second-order valence-electron chi connectivity index (χ2n) is 8.66. The van der Waals surface area contributed by atoms with Crippen LogP contribution in [0, 0.1) is 5.92 Å². The van der Waals surface area contributed by atoms with Crippen molar-refractivity contribution in [3.05, 3.63) is 42.6 Å². The third-order valence-electron chi connectivity index (χ3n) is 6.44. The number of amides is 1. The van der Waals surface area contributed by atoms with Crippen molar-refractivity contribution in [2.45, 2.75) is 29.1 Å². The number of hydrogen-bond donors (Lipinski definition) is 2. The van der Waals surface area contributed by atoms with Gasteiger partial charge in [-0.1, -0.05) is 0 Å². The minimum atomic E-state index is -3.64. The number of sulfonamides is 1. The summed E-state index contributed by atoms with van der Waals surface area (Å²) in [5.74, 6) is 1.22. The molecule has 9 nitrogen and oxygen atoms in total. The van der Waals surface area contributed by atoms with Crippen molar-refractivity contribution in [2.75, 3.05) is 42.7 Å². The summed E-state index contributed by atoms with van der Waals surface area (Å²) in [6.45, 7) is 2.12. The third-order valence-corrected chi connectivity index (χ3v) is 8.97. The Morgan fingerprint density at radius 1 is 1.20 bits per heavy atom. The number of carbonyl (C=O) groups is 1. The van der Waals surface area contributed by atoms with Crippen molar-refractivity contribution in [3.8, 4) is 5.88 Å². The van der Waals surface area contributed by atoms with Crippen molar-refractivity contribution in [3.63, 3.8) is 0 Å². The molecular weight excluding hydrogens is 486 g/mol. The molecule has 0 spiro atoms. The lowest BCUT2D eigenvalue weighted by Crippen LogP contribution is -2.35. The molecule has 0 radical (unpaired) electrons. The molecule has 2 N–H and O–H groups in total. The fourth-order valence-corrected chi connectivity index (χ4v) is 6.40. The summed E-state index contributed by atoms with van der Waals surface area (Å²) in [6.07, 6.45) is 4.51. The Morgan fingerprint density at radius 3 is 2.83 bits per heavy atom. The average Bonchev–Trinajstić information content (AvgIpc) is 2.88. The van der Waals surface area contributed by atoms with E-state index >= 15 is 0 Å². The molecule has 5 rings (SSSR count). The second-order valence-corrected chi connectivity index (χ2v) is 11.4. The minimum absolute atomic E-state index is 0.119. The van der Waals surface area contributed by atoms with Gasteiger partial charge in [-0.25, -0.2) is 18.1 Å². The minimum Gasteiger partial charge on any atom is -0.481 e. The van der Waals surface area contributed by atoms with Gasteiger partial charge in [0.15, 0.2) is 0 Å². The van der Waals surface area contributed by atoms with Crippen molar-refractivity contribution >= 4 is 50.1 Å². The molecule has 2 aliphatic rings. The van der Waals surface area contributed by atoms with E-state index in [1.54, 1.807) is 25.4 Å². The van der Waals surface area contributed by atoms with Crippen LogP contribution in [0.5, 0.6) is 5.88 Å². The molecule has 1 fully saturated rings. The van der Waals surface area contributed by atoms with Crippen LogP contribution in [0.25, 0.3) is 11.0 Å². The first-order valence-electron chi connectivity index (χ1n) is 11.5. The van der Waals surface area contributed by atoms with E-state index in [4.69, 9.17) is 4.74 Å². The molecule has 11 heteroatoms. The van der Waals surface area contributed by atoms with Crippen LogP contribution in [-0.2, 0) is 14.8 Å². The zero-order valence-corrected chi connectivity index (χ0v) is 21.0. The number of nitrogens with one attached hydrogen (secondary N) is 2. The Labute approximate surface area is 208 Å². The van der Waals surface area contributed by atoms with Crippen molar-refractivity contribution in [1.82, 2.24) is 14.7 Å². The predicted octanol–water partition coefficient (Wildman–Crippen LogP) is 3.27. The predicted molar refractivity (Wildman–Crippen MR) is 137 cm³/mol. The van der Waals surface area contributed by atoms with Gasteiger partial charge in [0, 0.05) is 36.8 Å². The zero-order chi connectivity index (χ0) is 24.4. The Kier molecular flexibility index (Phi) is 6.81. The molecular formula is C24H27N5O4S2. The van der Waals surface area contributed by atoms with Crippen LogP contribution in [0.4, 0.5) is 11.4 Å². The van der Waals surface area contributed by atoms with E-state index in [9.17, 15) is 13.2 Å². The van der Waals surface area contributed by atoms with E-state index in [-0.39, 0.29) is 10.8 Å². The Hall–Kier alpha value is -2.89. The van der Waals surface area contributed by atoms with E-state index < -0.39 is 10.0 Å². The highest BCUT2D eigenvalue weighted by molar-refractivity contribution is 8.00. The van der Waals surface area contributed by atoms with E-state index in [2.05, 4.69) is 24.9 Å². The molecule has 2 aromatic heterocycles. The Balaban J connectivity index is 1.17. The van der Waals surface area contributed by atoms with Gasteiger partial charge < -0.3 is 15.0 Å². The first kappa shape index (κ1) is 23.8. The first-order chi connectivity index (χ1) is 16.9. The summed E-state index contributed by atoms with van der Waals surface area (Å²) in [4.78, 5) is 24.0. The molecule has 1 aromatic carbocycles. The van der Waals surface area contributed by atoms with E-state index in [0.29, 0.717) is 29.8 Å². The summed E-state index contributed by atoms with van der Waals surface area (Å²) < 4.78 is 33.6. The van der Waals surface area contributed by atoms with Gasteiger partial charge in [0.05, 0.1) is 34.6 Å². The quantitative estimate of drug-likeness (QED) is 0.495. The largest absolute Gasteiger partial charge is 0.481 e. The van der Waals surface area contributed by atoms with E-state index in [1.165, 1.54) is 17.8 Å². The summed E-state index contributed by atoms with van der Waals surface area (Å²) >= 11 is 1.41. The molecule has 3 aromatic rings. The van der Waals surface area contributed by atoms with Crippen LogP contribution in [-0.4, -0.2) is 56.8 Å². The maximum Gasteiger partial charge on any atom is 0.240 e. The monoisotopic (exact) mass is 513 g/mol. The highest BCUT2D eigenvalue weighted by Crippen LogP contribution is 2.33. The molecule has 1 saturated heterocycles. The van der Waals surface area contributed by atoms with Crippen LogP contribution in [0.2, 0.25) is 0 Å². The number of ether oxygens (including phenoxy) is 1. The molecule has 0 bridgehead atoms. The SMILES string of the molecule is COc1ccc2nccc(N3CCC(CCNS(=O)(=O)c4ccc5c(c4)NC(=O)CS5)CC3)c2n1. The number of piperidine rings is 1. The topological polar surface area (TPSA) is 114 Å². The average molecular weight is 514 g/mol. The van der Waals surface area contributed by atoms with Gasteiger partial charge in [0.25, 0.3) is 0 Å². The smallest absolute Gasteiger partial charge is 0.240 e. The summed E-state index contributed by atoms with van der Waals surface area (Å²) in [7, 11) is -2.04. The number of pyridine rings is 2. The number of anilines is 2. The number of carbonyl (C=O) groups excluding carboxylic acids is 1. The summed E-state index contributed by atoms with van der Waals surface area (Å²) in [5, 5.41) is 2.74. The molecule has 0 aliphatic carbocycles. The van der Waals surface area contributed by atoms with Crippen molar-refractivity contribution in [1.29, 1.82) is 0 Å². The van der Waals surface area contributed by atoms with Crippen molar-refractivity contribution in [2.24, 2.45) is 5.92 Å². The zero-order valence-electron chi connectivity index (χ0n) is 19.4. The first-order valence-corrected chi connectivity index (χ1v) is 14.0. The highest BCUT2D eigenvalue weighted by atomic mass is 32.2. The maximum absolute atomic E-state index is 12.8. The number of nitrogens with zero attached hydrogens (tertiary/aromatic N) is 3. The van der Waals surface area contributed by atoms with Crippen LogP contribution >= 0.6 is 11.8 Å².